The molecule has 0 saturated heterocycles. The number of carboxylic acid groups (broad SMARTS) is 1. The molecule has 104 valence electrons. The number of carboxylic acids is 1. The fourth-order valence-electron chi connectivity index (χ4n) is 2.11. The molecule has 2 heterocycles. The summed E-state index contributed by atoms with van der Waals surface area (Å²) in [5, 5.41) is 9.46. The molecule has 0 aliphatic rings. The third kappa shape index (κ3) is 2.51. The van der Waals surface area contributed by atoms with Crippen LogP contribution in [0.4, 0.5) is 0 Å². The van der Waals surface area contributed by atoms with E-state index in [1.165, 1.54) is 23.2 Å². The Morgan fingerprint density at radius 1 is 1.19 bits per heavy atom. The highest BCUT2D eigenvalue weighted by Crippen LogP contribution is 2.07. The summed E-state index contributed by atoms with van der Waals surface area (Å²) < 4.78 is 1.45. The van der Waals surface area contributed by atoms with Crippen molar-refractivity contribution >= 4 is 16.9 Å². The lowest BCUT2D eigenvalue weighted by Gasteiger charge is -2.07. The molecule has 0 fully saturated rings. The van der Waals surface area contributed by atoms with E-state index in [-0.39, 0.29) is 17.8 Å². The van der Waals surface area contributed by atoms with E-state index >= 15 is 0 Å². The van der Waals surface area contributed by atoms with Gasteiger partial charge >= 0.3 is 5.97 Å². The average molecular weight is 281 g/mol. The maximum Gasteiger partial charge on any atom is 0.354 e. The molecule has 1 aromatic carbocycles. The van der Waals surface area contributed by atoms with Crippen molar-refractivity contribution in [3.8, 4) is 0 Å². The second-order valence-electron chi connectivity index (χ2n) is 4.55. The molecule has 0 amide bonds. The van der Waals surface area contributed by atoms with Crippen LogP contribution in [0.2, 0.25) is 0 Å². The molecule has 0 aliphatic carbocycles. The van der Waals surface area contributed by atoms with Crippen LogP contribution in [0.5, 0.6) is 0 Å². The maximum absolute atomic E-state index is 12.3. The summed E-state index contributed by atoms with van der Waals surface area (Å²) in [4.78, 5) is 31.2. The first-order valence-corrected chi connectivity index (χ1v) is 6.27. The first-order chi connectivity index (χ1) is 10.1. The largest absolute Gasteiger partial charge is 0.477 e. The molecule has 0 saturated carbocycles. The van der Waals surface area contributed by atoms with E-state index in [0.29, 0.717) is 16.5 Å². The Balaban J connectivity index is 2.02. The Bertz CT molecular complexity index is 886. The van der Waals surface area contributed by atoms with Crippen molar-refractivity contribution in [1.29, 1.82) is 0 Å². The van der Waals surface area contributed by atoms with Crippen LogP contribution in [0, 0.1) is 0 Å². The molecule has 0 spiro atoms. The van der Waals surface area contributed by atoms with Crippen molar-refractivity contribution in [2.75, 3.05) is 0 Å². The van der Waals surface area contributed by atoms with Gasteiger partial charge in [-0.2, -0.15) is 0 Å². The fraction of sp³-hybridized carbons (Fsp3) is 0.0667. The number of rotatable bonds is 3. The maximum atomic E-state index is 12.3. The minimum atomic E-state index is -1.10. The first kappa shape index (κ1) is 13.0. The number of aromatic nitrogens is 3. The summed E-state index contributed by atoms with van der Waals surface area (Å²) >= 11 is 0. The fourth-order valence-corrected chi connectivity index (χ4v) is 2.11. The van der Waals surface area contributed by atoms with E-state index < -0.39 is 5.97 Å². The first-order valence-electron chi connectivity index (χ1n) is 6.27. The van der Waals surface area contributed by atoms with E-state index in [2.05, 4.69) is 9.97 Å². The van der Waals surface area contributed by atoms with Gasteiger partial charge in [0.1, 0.15) is 5.69 Å². The molecule has 6 heteroatoms. The Morgan fingerprint density at radius 2 is 2.00 bits per heavy atom. The van der Waals surface area contributed by atoms with Crippen LogP contribution in [0.25, 0.3) is 10.9 Å². The molecule has 0 aliphatic heterocycles. The number of hydrogen-bond acceptors (Lipinski definition) is 4. The molecular formula is C15H11N3O3. The number of pyridine rings is 1. The van der Waals surface area contributed by atoms with Crippen LogP contribution in [-0.2, 0) is 6.54 Å². The Hall–Kier alpha value is -3.02. The SMILES string of the molecule is O=C(O)c1cc(Cn2cnc3ccccc3c2=O)ccn1. The second-order valence-corrected chi connectivity index (χ2v) is 4.55. The van der Waals surface area contributed by atoms with Crippen LogP contribution in [0.15, 0.2) is 53.7 Å². The average Bonchev–Trinajstić information content (AvgIpc) is 2.51. The van der Waals surface area contributed by atoms with E-state index in [9.17, 15) is 9.59 Å². The summed E-state index contributed by atoms with van der Waals surface area (Å²) in [6, 6.07) is 10.2. The van der Waals surface area contributed by atoms with Crippen LogP contribution < -0.4 is 5.56 Å². The van der Waals surface area contributed by atoms with Gasteiger partial charge in [-0.05, 0) is 29.8 Å². The minimum absolute atomic E-state index is 0.0469. The molecule has 0 unspecified atom stereocenters. The van der Waals surface area contributed by atoms with E-state index in [4.69, 9.17) is 5.11 Å². The van der Waals surface area contributed by atoms with Gasteiger partial charge in [-0.1, -0.05) is 12.1 Å². The number of aromatic carboxylic acids is 1. The van der Waals surface area contributed by atoms with Gasteiger partial charge in [0.05, 0.1) is 23.8 Å². The lowest BCUT2D eigenvalue weighted by molar-refractivity contribution is 0.0690. The summed E-state index contributed by atoms with van der Waals surface area (Å²) in [6.45, 7) is 0.249. The normalized spacial score (nSPS) is 10.7. The molecule has 0 bridgehead atoms. The molecule has 21 heavy (non-hydrogen) atoms. The molecule has 3 rings (SSSR count). The van der Waals surface area contributed by atoms with Gasteiger partial charge in [-0.25, -0.2) is 14.8 Å². The third-order valence-corrected chi connectivity index (χ3v) is 3.13. The minimum Gasteiger partial charge on any atom is -0.477 e. The zero-order valence-corrected chi connectivity index (χ0v) is 10.9. The molecule has 0 radical (unpaired) electrons. The lowest BCUT2D eigenvalue weighted by atomic mass is 10.2. The highest BCUT2D eigenvalue weighted by atomic mass is 16.4. The molecule has 0 atom stereocenters. The smallest absolute Gasteiger partial charge is 0.354 e. The zero-order chi connectivity index (χ0) is 14.8. The zero-order valence-electron chi connectivity index (χ0n) is 10.9. The summed E-state index contributed by atoms with van der Waals surface area (Å²) in [7, 11) is 0. The number of carbonyl (C=O) groups is 1. The van der Waals surface area contributed by atoms with E-state index in [1.54, 1.807) is 24.3 Å². The highest BCUT2D eigenvalue weighted by Gasteiger charge is 2.07. The quantitative estimate of drug-likeness (QED) is 0.787. The number of hydrogen-bond donors (Lipinski definition) is 1. The molecule has 6 nitrogen and oxygen atoms in total. The topological polar surface area (TPSA) is 85.1 Å². The van der Waals surface area contributed by atoms with Gasteiger partial charge in [-0.3, -0.25) is 9.36 Å². The van der Waals surface area contributed by atoms with Crippen molar-refractivity contribution in [2.45, 2.75) is 6.54 Å². The Morgan fingerprint density at radius 3 is 2.81 bits per heavy atom. The number of para-hydroxylation sites is 1. The van der Waals surface area contributed by atoms with Crippen LogP contribution >= 0.6 is 0 Å². The molecule has 1 N–H and O–H groups in total. The van der Waals surface area contributed by atoms with Crippen molar-refractivity contribution in [1.82, 2.24) is 14.5 Å². The van der Waals surface area contributed by atoms with Gasteiger partial charge < -0.3 is 5.11 Å². The highest BCUT2D eigenvalue weighted by molar-refractivity contribution is 5.85. The second kappa shape index (κ2) is 5.16. The van der Waals surface area contributed by atoms with Gasteiger partial charge in [0.2, 0.25) is 0 Å². The molecule has 3 aromatic rings. The molecule has 2 aromatic heterocycles. The van der Waals surface area contributed by atoms with E-state index in [0.717, 1.165) is 0 Å². The monoisotopic (exact) mass is 281 g/mol. The summed E-state index contributed by atoms with van der Waals surface area (Å²) in [6.07, 6.45) is 2.88. The van der Waals surface area contributed by atoms with Crippen LogP contribution in [0.1, 0.15) is 16.1 Å². The van der Waals surface area contributed by atoms with Crippen molar-refractivity contribution < 1.29 is 9.90 Å². The van der Waals surface area contributed by atoms with Crippen LogP contribution in [0.3, 0.4) is 0 Å². The van der Waals surface area contributed by atoms with Gasteiger partial charge in [0.15, 0.2) is 0 Å². The Labute approximate surface area is 119 Å². The third-order valence-electron chi connectivity index (χ3n) is 3.13. The predicted molar refractivity (Wildman–Crippen MR) is 76.3 cm³/mol. The number of benzene rings is 1. The van der Waals surface area contributed by atoms with Crippen molar-refractivity contribution in [2.24, 2.45) is 0 Å². The van der Waals surface area contributed by atoms with Gasteiger partial charge in [0.25, 0.3) is 5.56 Å². The van der Waals surface area contributed by atoms with Gasteiger partial charge in [0, 0.05) is 6.20 Å². The molecular weight excluding hydrogens is 270 g/mol. The standard InChI is InChI=1S/C15H11N3O3/c19-14-11-3-1-2-4-12(11)17-9-18(14)8-10-5-6-16-13(7-10)15(20)21/h1-7,9H,8H2,(H,20,21). The van der Waals surface area contributed by atoms with Crippen molar-refractivity contribution in [3.05, 3.63) is 70.5 Å². The number of nitrogens with zero attached hydrogens (tertiary/aromatic N) is 3. The predicted octanol–water partition coefficient (Wildman–Crippen LogP) is 1.54. The Kier molecular flexibility index (Phi) is 3.19. The van der Waals surface area contributed by atoms with Crippen LogP contribution in [-0.4, -0.2) is 25.6 Å². The van der Waals surface area contributed by atoms with Crippen molar-refractivity contribution in [3.63, 3.8) is 0 Å². The summed E-state index contributed by atoms with van der Waals surface area (Å²) in [5.74, 6) is -1.10. The van der Waals surface area contributed by atoms with Gasteiger partial charge in [-0.15, -0.1) is 0 Å². The van der Waals surface area contributed by atoms with E-state index in [1.807, 2.05) is 6.07 Å². The summed E-state index contributed by atoms with van der Waals surface area (Å²) in [5.41, 5.74) is 1.12. The lowest BCUT2D eigenvalue weighted by Crippen LogP contribution is -2.21. The number of fused-ring (bicyclic) bond motifs is 1.